The third-order valence-corrected chi connectivity index (χ3v) is 2.64. The van der Waals surface area contributed by atoms with Crippen molar-refractivity contribution in [3.8, 4) is 0 Å². The maximum absolute atomic E-state index is 12.0. The van der Waals surface area contributed by atoms with E-state index in [0.29, 0.717) is 5.02 Å². The molecule has 1 atom stereocenters. The summed E-state index contributed by atoms with van der Waals surface area (Å²) in [7, 11) is 0. The van der Waals surface area contributed by atoms with Crippen LogP contribution in [0.15, 0.2) is 24.3 Å². The molecule has 0 heterocycles. The summed E-state index contributed by atoms with van der Waals surface area (Å²) in [5.41, 5.74) is 0.224. The second-order valence-corrected chi connectivity index (χ2v) is 4.44. The van der Waals surface area contributed by atoms with Crippen LogP contribution in [-0.4, -0.2) is 23.2 Å². The lowest BCUT2D eigenvalue weighted by Crippen LogP contribution is -2.34. The highest BCUT2D eigenvalue weighted by Gasteiger charge is 2.29. The van der Waals surface area contributed by atoms with Crippen LogP contribution in [0.3, 0.4) is 0 Å². The second kappa shape index (κ2) is 6.60. The summed E-state index contributed by atoms with van der Waals surface area (Å²) in [6, 6.07) is 4.20. The van der Waals surface area contributed by atoms with Crippen LogP contribution >= 0.6 is 11.6 Å². The Morgan fingerprint density at radius 2 is 1.80 bits per heavy atom. The first kappa shape index (κ1) is 16.3. The molecule has 0 aliphatic heterocycles. The molecular formula is C12H11ClF3NO3. The van der Waals surface area contributed by atoms with E-state index in [0.717, 1.165) is 0 Å². The molecule has 8 heteroatoms. The minimum Gasteiger partial charge on any atom is -0.479 e. The molecule has 0 saturated carbocycles. The molecule has 4 nitrogen and oxygen atoms in total. The monoisotopic (exact) mass is 309 g/mol. The molecule has 0 saturated heterocycles. The molecule has 1 rings (SSSR count). The molecule has 2 N–H and O–H groups in total. The van der Waals surface area contributed by atoms with Gasteiger partial charge in [0.25, 0.3) is 0 Å². The largest absolute Gasteiger partial charge is 0.479 e. The topological polar surface area (TPSA) is 66.4 Å². The van der Waals surface area contributed by atoms with E-state index in [1.54, 1.807) is 0 Å². The van der Waals surface area contributed by atoms with Crippen LogP contribution in [0.2, 0.25) is 5.02 Å². The van der Waals surface area contributed by atoms with Crippen LogP contribution < -0.4 is 5.32 Å². The maximum atomic E-state index is 12.0. The van der Waals surface area contributed by atoms with Crippen molar-refractivity contribution in [3.05, 3.63) is 34.9 Å². The van der Waals surface area contributed by atoms with Gasteiger partial charge in [0.15, 0.2) is 6.04 Å². The highest BCUT2D eigenvalue weighted by Crippen LogP contribution is 2.22. The smallest absolute Gasteiger partial charge is 0.389 e. The van der Waals surface area contributed by atoms with Crippen molar-refractivity contribution in [2.45, 2.75) is 25.1 Å². The molecule has 0 fully saturated rings. The number of carboxylic acid groups (broad SMARTS) is 1. The number of aliphatic carboxylic acids is 1. The summed E-state index contributed by atoms with van der Waals surface area (Å²) in [5.74, 6) is -2.35. The van der Waals surface area contributed by atoms with E-state index in [1.165, 1.54) is 24.3 Å². The van der Waals surface area contributed by atoms with Crippen molar-refractivity contribution in [3.63, 3.8) is 0 Å². The Hall–Kier alpha value is -1.76. The van der Waals surface area contributed by atoms with Crippen molar-refractivity contribution in [1.82, 2.24) is 5.32 Å². The van der Waals surface area contributed by atoms with Gasteiger partial charge in [-0.05, 0) is 17.7 Å². The first-order chi connectivity index (χ1) is 9.19. The predicted octanol–water partition coefficient (Wildman–Crippen LogP) is 2.92. The molecule has 0 bridgehead atoms. The Labute approximate surface area is 117 Å². The van der Waals surface area contributed by atoms with Gasteiger partial charge in [0.05, 0.1) is 6.42 Å². The molecule has 1 unspecified atom stereocenters. The number of amides is 1. The molecular weight excluding hydrogens is 299 g/mol. The highest BCUT2D eigenvalue weighted by atomic mass is 35.5. The molecule has 0 aliphatic carbocycles. The fourth-order valence-corrected chi connectivity index (χ4v) is 1.56. The minimum atomic E-state index is -4.46. The number of rotatable bonds is 5. The molecule has 1 aromatic carbocycles. The van der Waals surface area contributed by atoms with E-state index in [9.17, 15) is 22.8 Å². The zero-order chi connectivity index (χ0) is 15.3. The van der Waals surface area contributed by atoms with Gasteiger partial charge in [-0.3, -0.25) is 4.79 Å². The number of carbonyl (C=O) groups is 2. The van der Waals surface area contributed by atoms with Crippen LogP contribution in [0.5, 0.6) is 0 Å². The summed E-state index contributed by atoms with van der Waals surface area (Å²) in [6.45, 7) is 0. The van der Waals surface area contributed by atoms with E-state index in [-0.39, 0.29) is 5.56 Å². The average molecular weight is 310 g/mol. The number of hydrogen-bond donors (Lipinski definition) is 2. The van der Waals surface area contributed by atoms with Crippen LogP contribution in [0.4, 0.5) is 13.2 Å². The van der Waals surface area contributed by atoms with E-state index in [1.807, 2.05) is 5.32 Å². The normalized spacial score (nSPS) is 12.8. The van der Waals surface area contributed by atoms with Crippen LogP contribution in [0.25, 0.3) is 0 Å². The Morgan fingerprint density at radius 3 is 2.25 bits per heavy atom. The predicted molar refractivity (Wildman–Crippen MR) is 65.3 cm³/mol. The Balaban J connectivity index is 2.71. The lowest BCUT2D eigenvalue weighted by Gasteiger charge is -2.15. The first-order valence-electron chi connectivity index (χ1n) is 5.53. The summed E-state index contributed by atoms with van der Waals surface area (Å²) < 4.78 is 35.9. The lowest BCUT2D eigenvalue weighted by atomic mass is 10.1. The van der Waals surface area contributed by atoms with E-state index >= 15 is 0 Å². The van der Waals surface area contributed by atoms with Crippen LogP contribution in [0.1, 0.15) is 24.4 Å². The zero-order valence-electron chi connectivity index (χ0n) is 10.1. The van der Waals surface area contributed by atoms with Gasteiger partial charge in [-0.2, -0.15) is 13.2 Å². The molecule has 0 aromatic heterocycles. The van der Waals surface area contributed by atoms with Crippen molar-refractivity contribution in [2.75, 3.05) is 0 Å². The summed E-state index contributed by atoms with van der Waals surface area (Å²) in [6.07, 6.45) is -6.58. The fraction of sp³-hybridized carbons (Fsp3) is 0.333. The number of carbonyl (C=O) groups excluding carboxylic acids is 1. The van der Waals surface area contributed by atoms with Crippen molar-refractivity contribution in [2.24, 2.45) is 0 Å². The molecule has 0 radical (unpaired) electrons. The molecule has 1 amide bonds. The molecule has 1 aromatic rings. The number of nitrogens with one attached hydrogen (secondary N) is 1. The average Bonchev–Trinajstić information content (AvgIpc) is 2.33. The second-order valence-electron chi connectivity index (χ2n) is 4.01. The standard InChI is InChI=1S/C12H11ClF3NO3/c13-8-3-1-7(2-4-8)10(11(19)20)17-9(18)5-6-12(14,15)16/h1-4,10H,5-6H2,(H,17,18)(H,19,20). The van der Waals surface area contributed by atoms with Crippen LogP contribution in [0, 0.1) is 0 Å². The van der Waals surface area contributed by atoms with Crippen molar-refractivity contribution in [1.29, 1.82) is 0 Å². The summed E-state index contributed by atoms with van der Waals surface area (Å²) in [4.78, 5) is 22.4. The number of carboxylic acids is 1. The summed E-state index contributed by atoms with van der Waals surface area (Å²) >= 11 is 5.64. The minimum absolute atomic E-state index is 0.224. The van der Waals surface area contributed by atoms with Gasteiger partial charge in [0, 0.05) is 11.4 Å². The van der Waals surface area contributed by atoms with Gasteiger partial charge in [-0.1, -0.05) is 23.7 Å². The number of halogens is 4. The van der Waals surface area contributed by atoms with Gasteiger partial charge in [-0.15, -0.1) is 0 Å². The molecule has 110 valence electrons. The number of hydrogen-bond acceptors (Lipinski definition) is 2. The molecule has 0 spiro atoms. The zero-order valence-corrected chi connectivity index (χ0v) is 10.8. The third-order valence-electron chi connectivity index (χ3n) is 2.39. The maximum Gasteiger partial charge on any atom is 0.389 e. The number of benzene rings is 1. The Morgan fingerprint density at radius 1 is 1.25 bits per heavy atom. The Bertz CT molecular complexity index is 488. The van der Waals surface area contributed by atoms with E-state index in [2.05, 4.69) is 0 Å². The van der Waals surface area contributed by atoms with E-state index < -0.39 is 36.9 Å². The quantitative estimate of drug-likeness (QED) is 0.879. The highest BCUT2D eigenvalue weighted by molar-refractivity contribution is 6.30. The van der Waals surface area contributed by atoms with Crippen molar-refractivity contribution >= 4 is 23.5 Å². The van der Waals surface area contributed by atoms with Crippen LogP contribution in [-0.2, 0) is 9.59 Å². The van der Waals surface area contributed by atoms with Gasteiger partial charge in [0.1, 0.15) is 0 Å². The van der Waals surface area contributed by atoms with E-state index in [4.69, 9.17) is 16.7 Å². The number of alkyl halides is 3. The van der Waals surface area contributed by atoms with Gasteiger partial charge < -0.3 is 10.4 Å². The molecule has 0 aliphatic rings. The molecule has 20 heavy (non-hydrogen) atoms. The SMILES string of the molecule is O=C(CCC(F)(F)F)NC(C(=O)O)c1ccc(Cl)cc1. The van der Waals surface area contributed by atoms with Crippen molar-refractivity contribution < 1.29 is 27.9 Å². The Kier molecular flexibility index (Phi) is 5.38. The fourth-order valence-electron chi connectivity index (χ4n) is 1.43. The first-order valence-corrected chi connectivity index (χ1v) is 5.91. The third kappa shape index (κ3) is 5.48. The van der Waals surface area contributed by atoms with Gasteiger partial charge >= 0.3 is 12.1 Å². The lowest BCUT2D eigenvalue weighted by molar-refractivity contribution is -0.147. The summed E-state index contributed by atoms with van der Waals surface area (Å²) in [5, 5.41) is 11.4. The van der Waals surface area contributed by atoms with Gasteiger partial charge in [-0.25, -0.2) is 4.79 Å². The van der Waals surface area contributed by atoms with Gasteiger partial charge in [0.2, 0.25) is 5.91 Å².